The van der Waals surface area contributed by atoms with Gasteiger partial charge in [0.25, 0.3) is 0 Å². The molecule has 0 fully saturated rings. The molecule has 90 valence electrons. The van der Waals surface area contributed by atoms with E-state index in [2.05, 4.69) is 19.3 Å². The standard InChI is InChI=1S/C12H18ClNO2/c1-8(2)10-6-12(15-3)9(5-11(10)13)7-14-16-4/h5-6,8,14H,7H2,1-4H3. The third-order valence-electron chi connectivity index (χ3n) is 2.43. The van der Waals surface area contributed by atoms with Crippen molar-refractivity contribution in [3.05, 3.63) is 28.3 Å². The first-order valence-electron chi connectivity index (χ1n) is 5.22. The molecule has 4 heteroatoms. The van der Waals surface area contributed by atoms with Crippen molar-refractivity contribution in [3.8, 4) is 5.75 Å². The monoisotopic (exact) mass is 243 g/mol. The molecule has 0 aliphatic rings. The van der Waals surface area contributed by atoms with Gasteiger partial charge in [-0.3, -0.25) is 0 Å². The average Bonchev–Trinajstić information content (AvgIpc) is 2.25. The Labute approximate surface area is 102 Å². The Hall–Kier alpha value is -0.770. The van der Waals surface area contributed by atoms with Crippen molar-refractivity contribution < 1.29 is 9.57 Å². The summed E-state index contributed by atoms with van der Waals surface area (Å²) in [7, 11) is 3.24. The molecule has 0 aromatic heterocycles. The topological polar surface area (TPSA) is 30.5 Å². The SMILES string of the molecule is CONCc1cc(Cl)c(C(C)C)cc1OC. The fourth-order valence-electron chi connectivity index (χ4n) is 1.53. The number of rotatable bonds is 5. The summed E-state index contributed by atoms with van der Waals surface area (Å²) in [5.41, 5.74) is 4.86. The van der Waals surface area contributed by atoms with Gasteiger partial charge in [-0.2, -0.15) is 5.48 Å². The van der Waals surface area contributed by atoms with Gasteiger partial charge < -0.3 is 9.57 Å². The smallest absolute Gasteiger partial charge is 0.123 e. The molecule has 3 nitrogen and oxygen atoms in total. The van der Waals surface area contributed by atoms with Crippen molar-refractivity contribution in [2.24, 2.45) is 0 Å². The summed E-state index contributed by atoms with van der Waals surface area (Å²) >= 11 is 6.21. The quantitative estimate of drug-likeness (QED) is 0.806. The van der Waals surface area contributed by atoms with Crippen molar-refractivity contribution in [2.45, 2.75) is 26.3 Å². The van der Waals surface area contributed by atoms with Crippen LogP contribution in [0.3, 0.4) is 0 Å². The molecule has 0 aliphatic carbocycles. The predicted molar refractivity (Wildman–Crippen MR) is 65.9 cm³/mol. The first-order chi connectivity index (χ1) is 7.60. The number of hydrogen-bond donors (Lipinski definition) is 1. The lowest BCUT2D eigenvalue weighted by Crippen LogP contribution is -2.12. The minimum Gasteiger partial charge on any atom is -0.496 e. The van der Waals surface area contributed by atoms with E-state index in [9.17, 15) is 0 Å². The van der Waals surface area contributed by atoms with Crippen LogP contribution in [0, 0.1) is 0 Å². The highest BCUT2D eigenvalue weighted by Gasteiger charge is 2.11. The minimum absolute atomic E-state index is 0.380. The molecular weight excluding hydrogens is 226 g/mol. The Balaban J connectivity index is 3.05. The van der Waals surface area contributed by atoms with Crippen LogP contribution >= 0.6 is 11.6 Å². The molecule has 0 atom stereocenters. The maximum Gasteiger partial charge on any atom is 0.123 e. The van der Waals surface area contributed by atoms with Crippen LogP contribution in [-0.4, -0.2) is 14.2 Å². The Morgan fingerprint density at radius 3 is 2.50 bits per heavy atom. The lowest BCUT2D eigenvalue weighted by Gasteiger charge is -2.14. The van der Waals surface area contributed by atoms with Crippen molar-refractivity contribution in [3.63, 3.8) is 0 Å². The number of nitrogens with one attached hydrogen (secondary N) is 1. The van der Waals surface area contributed by atoms with Gasteiger partial charge in [-0.15, -0.1) is 0 Å². The Morgan fingerprint density at radius 2 is 2.00 bits per heavy atom. The van der Waals surface area contributed by atoms with E-state index in [1.165, 1.54) is 0 Å². The molecule has 0 heterocycles. The van der Waals surface area contributed by atoms with Gasteiger partial charge in [-0.1, -0.05) is 25.4 Å². The minimum atomic E-state index is 0.380. The van der Waals surface area contributed by atoms with E-state index in [-0.39, 0.29) is 0 Å². The zero-order valence-corrected chi connectivity index (χ0v) is 10.9. The van der Waals surface area contributed by atoms with Crippen LogP contribution < -0.4 is 10.2 Å². The fraction of sp³-hybridized carbons (Fsp3) is 0.500. The highest BCUT2D eigenvalue weighted by Crippen LogP contribution is 2.31. The molecule has 0 saturated carbocycles. The van der Waals surface area contributed by atoms with Gasteiger partial charge >= 0.3 is 0 Å². The van der Waals surface area contributed by atoms with Crippen molar-refractivity contribution in [1.82, 2.24) is 5.48 Å². The van der Waals surface area contributed by atoms with E-state index in [0.29, 0.717) is 12.5 Å². The van der Waals surface area contributed by atoms with Crippen LogP contribution in [0.1, 0.15) is 30.9 Å². The molecule has 16 heavy (non-hydrogen) atoms. The molecule has 0 spiro atoms. The first-order valence-corrected chi connectivity index (χ1v) is 5.60. The number of halogens is 1. The Kier molecular flexibility index (Phi) is 5.06. The normalized spacial score (nSPS) is 10.9. The van der Waals surface area contributed by atoms with E-state index in [1.807, 2.05) is 12.1 Å². The van der Waals surface area contributed by atoms with Crippen LogP contribution in [-0.2, 0) is 11.4 Å². The molecule has 1 rings (SSSR count). The van der Waals surface area contributed by atoms with E-state index in [1.54, 1.807) is 14.2 Å². The summed E-state index contributed by atoms with van der Waals surface area (Å²) in [6, 6.07) is 3.90. The lowest BCUT2D eigenvalue weighted by molar-refractivity contribution is 0.0861. The molecule has 0 radical (unpaired) electrons. The van der Waals surface area contributed by atoms with Gasteiger partial charge in [0.2, 0.25) is 0 Å². The molecule has 0 amide bonds. The van der Waals surface area contributed by atoms with Crippen molar-refractivity contribution in [1.29, 1.82) is 0 Å². The van der Waals surface area contributed by atoms with Crippen molar-refractivity contribution in [2.75, 3.05) is 14.2 Å². The summed E-state index contributed by atoms with van der Waals surface area (Å²) in [4.78, 5) is 4.81. The van der Waals surface area contributed by atoms with Gasteiger partial charge in [0, 0.05) is 17.1 Å². The third-order valence-corrected chi connectivity index (χ3v) is 2.76. The van der Waals surface area contributed by atoms with Crippen molar-refractivity contribution >= 4 is 11.6 Å². The molecule has 0 unspecified atom stereocenters. The first kappa shape index (κ1) is 13.3. The van der Waals surface area contributed by atoms with E-state index >= 15 is 0 Å². The predicted octanol–water partition coefficient (Wildman–Crippen LogP) is 3.12. The average molecular weight is 244 g/mol. The second-order valence-corrected chi connectivity index (χ2v) is 4.27. The largest absolute Gasteiger partial charge is 0.496 e. The zero-order valence-electron chi connectivity index (χ0n) is 10.1. The number of ether oxygens (including phenoxy) is 1. The van der Waals surface area contributed by atoms with E-state index in [0.717, 1.165) is 21.9 Å². The molecule has 0 saturated heterocycles. The zero-order chi connectivity index (χ0) is 12.1. The molecule has 0 bridgehead atoms. The van der Waals surface area contributed by atoms with Crippen LogP contribution in [0.2, 0.25) is 5.02 Å². The van der Waals surface area contributed by atoms with Crippen LogP contribution in [0.15, 0.2) is 12.1 Å². The number of hydroxylamine groups is 1. The number of benzene rings is 1. The molecule has 1 aromatic rings. The number of methoxy groups -OCH3 is 1. The maximum atomic E-state index is 6.21. The van der Waals surface area contributed by atoms with E-state index < -0.39 is 0 Å². The highest BCUT2D eigenvalue weighted by atomic mass is 35.5. The molecular formula is C12H18ClNO2. The van der Waals surface area contributed by atoms with E-state index in [4.69, 9.17) is 21.2 Å². The van der Waals surface area contributed by atoms with Crippen LogP contribution in [0.4, 0.5) is 0 Å². The Bertz CT molecular complexity index is 353. The molecule has 1 aromatic carbocycles. The second kappa shape index (κ2) is 6.09. The van der Waals surface area contributed by atoms with Gasteiger partial charge in [0.05, 0.1) is 14.2 Å². The summed E-state index contributed by atoms with van der Waals surface area (Å²) in [6.07, 6.45) is 0. The maximum absolute atomic E-state index is 6.21. The summed E-state index contributed by atoms with van der Waals surface area (Å²) in [6.45, 7) is 4.78. The highest BCUT2D eigenvalue weighted by molar-refractivity contribution is 6.31. The van der Waals surface area contributed by atoms with Gasteiger partial charge in [-0.25, -0.2) is 0 Å². The molecule has 1 N–H and O–H groups in total. The Morgan fingerprint density at radius 1 is 1.31 bits per heavy atom. The third kappa shape index (κ3) is 3.11. The lowest BCUT2D eigenvalue weighted by atomic mass is 10.0. The number of hydrogen-bond acceptors (Lipinski definition) is 3. The van der Waals surface area contributed by atoms with Crippen LogP contribution in [0.5, 0.6) is 5.75 Å². The summed E-state index contributed by atoms with van der Waals surface area (Å²) in [5, 5.41) is 0.767. The second-order valence-electron chi connectivity index (χ2n) is 3.87. The van der Waals surface area contributed by atoms with Crippen LogP contribution in [0.25, 0.3) is 0 Å². The fourth-order valence-corrected chi connectivity index (χ4v) is 1.94. The summed E-state index contributed by atoms with van der Waals surface area (Å²) < 4.78 is 5.33. The van der Waals surface area contributed by atoms with Gasteiger partial charge in [0.15, 0.2) is 0 Å². The molecule has 0 aliphatic heterocycles. The van der Waals surface area contributed by atoms with Gasteiger partial charge in [0.1, 0.15) is 5.75 Å². The summed E-state index contributed by atoms with van der Waals surface area (Å²) in [5.74, 6) is 1.21. The van der Waals surface area contributed by atoms with Gasteiger partial charge in [-0.05, 0) is 23.6 Å².